The van der Waals surface area contributed by atoms with Crippen LogP contribution in [0.25, 0.3) is 15.5 Å². The molecule has 0 bridgehead atoms. The van der Waals surface area contributed by atoms with Gasteiger partial charge in [-0.05, 0) is 73.6 Å². The number of benzene rings is 2. The molecule has 0 aliphatic rings. The SMILES string of the molecule is CCc1nnc2sc(-c3ccc(NC(=S)NC(=O)c4ccc(C)c(C)c4)cc3)nn12. The van der Waals surface area contributed by atoms with Gasteiger partial charge in [-0.2, -0.15) is 9.61 Å². The normalized spacial score (nSPS) is 10.9. The molecular weight excluding hydrogens is 416 g/mol. The summed E-state index contributed by atoms with van der Waals surface area (Å²) >= 11 is 6.77. The molecule has 30 heavy (non-hydrogen) atoms. The van der Waals surface area contributed by atoms with E-state index in [2.05, 4.69) is 25.9 Å². The summed E-state index contributed by atoms with van der Waals surface area (Å²) in [6, 6.07) is 13.3. The van der Waals surface area contributed by atoms with Crippen LogP contribution in [0.4, 0.5) is 5.69 Å². The van der Waals surface area contributed by atoms with Gasteiger partial charge < -0.3 is 5.32 Å². The molecule has 0 atom stereocenters. The first-order valence-electron chi connectivity index (χ1n) is 9.45. The van der Waals surface area contributed by atoms with Crippen LogP contribution in [0.1, 0.15) is 34.2 Å². The van der Waals surface area contributed by atoms with Crippen LogP contribution in [-0.2, 0) is 6.42 Å². The zero-order valence-electron chi connectivity index (χ0n) is 16.8. The summed E-state index contributed by atoms with van der Waals surface area (Å²) in [5.74, 6) is 0.606. The Kier molecular flexibility index (Phi) is 5.56. The average Bonchev–Trinajstić information content (AvgIpc) is 3.31. The highest BCUT2D eigenvalue weighted by Crippen LogP contribution is 2.26. The number of aromatic nitrogens is 4. The van der Waals surface area contributed by atoms with Crippen LogP contribution >= 0.6 is 23.6 Å². The molecule has 2 aromatic carbocycles. The molecule has 2 aromatic heterocycles. The van der Waals surface area contributed by atoms with Crippen LogP contribution in [0.5, 0.6) is 0 Å². The van der Waals surface area contributed by atoms with Crippen LogP contribution in [0.3, 0.4) is 0 Å². The van der Waals surface area contributed by atoms with E-state index in [0.29, 0.717) is 5.56 Å². The minimum atomic E-state index is -0.237. The molecule has 0 radical (unpaired) electrons. The molecule has 2 heterocycles. The van der Waals surface area contributed by atoms with Crippen molar-refractivity contribution >= 4 is 45.2 Å². The Morgan fingerprint density at radius 3 is 2.57 bits per heavy atom. The molecule has 0 saturated carbocycles. The van der Waals surface area contributed by atoms with Crippen molar-refractivity contribution < 1.29 is 4.79 Å². The largest absolute Gasteiger partial charge is 0.332 e. The summed E-state index contributed by atoms with van der Waals surface area (Å²) in [7, 11) is 0. The van der Waals surface area contributed by atoms with Gasteiger partial charge in [0.1, 0.15) is 5.01 Å². The van der Waals surface area contributed by atoms with Crippen LogP contribution < -0.4 is 10.6 Å². The number of anilines is 1. The van der Waals surface area contributed by atoms with E-state index in [1.165, 1.54) is 11.3 Å². The van der Waals surface area contributed by atoms with Crippen LogP contribution in [0.2, 0.25) is 0 Å². The van der Waals surface area contributed by atoms with Gasteiger partial charge in [0, 0.05) is 23.2 Å². The monoisotopic (exact) mass is 436 g/mol. The predicted octanol–water partition coefficient (Wildman–Crippen LogP) is 4.16. The molecule has 0 aliphatic heterocycles. The average molecular weight is 437 g/mol. The van der Waals surface area contributed by atoms with Gasteiger partial charge in [0.05, 0.1) is 0 Å². The molecule has 2 N–H and O–H groups in total. The molecular formula is C21H20N6OS2. The van der Waals surface area contributed by atoms with Gasteiger partial charge in [-0.1, -0.05) is 24.3 Å². The second kappa shape index (κ2) is 8.29. The van der Waals surface area contributed by atoms with Crippen molar-refractivity contribution in [3.8, 4) is 10.6 Å². The maximum atomic E-state index is 12.4. The fourth-order valence-electron chi connectivity index (χ4n) is 2.91. The zero-order chi connectivity index (χ0) is 21.3. The zero-order valence-corrected chi connectivity index (χ0v) is 18.4. The molecule has 4 rings (SSSR count). The van der Waals surface area contributed by atoms with Crippen molar-refractivity contribution in [3.05, 3.63) is 65.0 Å². The Morgan fingerprint density at radius 2 is 1.87 bits per heavy atom. The van der Waals surface area contributed by atoms with Crippen molar-refractivity contribution in [2.45, 2.75) is 27.2 Å². The number of thiocarbonyl (C=S) groups is 1. The summed E-state index contributed by atoms with van der Waals surface area (Å²) in [5, 5.41) is 19.7. The minimum absolute atomic E-state index is 0.237. The quantitative estimate of drug-likeness (QED) is 0.468. The number of hydrogen-bond donors (Lipinski definition) is 2. The van der Waals surface area contributed by atoms with Gasteiger partial charge >= 0.3 is 0 Å². The Hall–Kier alpha value is -3.17. The third-order valence-corrected chi connectivity index (χ3v) is 5.91. The first-order valence-corrected chi connectivity index (χ1v) is 10.7. The van der Waals surface area contributed by atoms with E-state index in [0.717, 1.165) is 44.6 Å². The highest BCUT2D eigenvalue weighted by molar-refractivity contribution is 7.80. The summed E-state index contributed by atoms with van der Waals surface area (Å²) in [4.78, 5) is 13.2. The van der Waals surface area contributed by atoms with Crippen LogP contribution in [0.15, 0.2) is 42.5 Å². The lowest BCUT2D eigenvalue weighted by molar-refractivity contribution is 0.0977. The molecule has 0 unspecified atom stereocenters. The third kappa shape index (κ3) is 4.07. The maximum absolute atomic E-state index is 12.4. The van der Waals surface area contributed by atoms with Gasteiger partial charge in [0.15, 0.2) is 10.9 Å². The standard InChI is InChI=1S/C21H20N6OS2/c1-4-17-24-25-21-27(17)26-19(30-21)14-7-9-16(10-8-14)22-20(29)23-18(28)15-6-5-12(2)13(3)11-15/h5-11H,4H2,1-3H3,(H2,22,23,28,29). The van der Waals surface area contributed by atoms with Gasteiger partial charge in [-0.25, -0.2) is 0 Å². The molecule has 0 saturated heterocycles. The molecule has 4 aromatic rings. The van der Waals surface area contributed by atoms with E-state index >= 15 is 0 Å². The second-order valence-corrected chi connectivity index (χ2v) is 8.22. The smallest absolute Gasteiger partial charge is 0.257 e. The molecule has 0 aliphatic carbocycles. The number of nitrogens with one attached hydrogen (secondary N) is 2. The van der Waals surface area contributed by atoms with Crippen LogP contribution in [0, 0.1) is 13.8 Å². The number of rotatable bonds is 4. The Balaban J connectivity index is 1.42. The lowest BCUT2D eigenvalue weighted by atomic mass is 10.1. The van der Waals surface area contributed by atoms with Crippen molar-refractivity contribution in [2.24, 2.45) is 0 Å². The molecule has 7 nitrogen and oxygen atoms in total. The number of aryl methyl sites for hydroxylation is 3. The number of hydrogen-bond acceptors (Lipinski definition) is 6. The van der Waals surface area contributed by atoms with Crippen molar-refractivity contribution in [1.82, 2.24) is 25.1 Å². The summed E-state index contributed by atoms with van der Waals surface area (Å²) in [6.07, 6.45) is 0.776. The first kappa shape index (κ1) is 20.1. The summed E-state index contributed by atoms with van der Waals surface area (Å²) in [5.41, 5.74) is 4.54. The van der Waals surface area contributed by atoms with Gasteiger partial charge in [0.25, 0.3) is 5.91 Å². The molecule has 0 spiro atoms. The van der Waals surface area contributed by atoms with E-state index in [-0.39, 0.29) is 11.0 Å². The Labute approximate surface area is 183 Å². The van der Waals surface area contributed by atoms with E-state index in [1.54, 1.807) is 10.6 Å². The summed E-state index contributed by atoms with van der Waals surface area (Å²) < 4.78 is 1.78. The van der Waals surface area contributed by atoms with E-state index < -0.39 is 0 Å². The number of amides is 1. The molecule has 1 amide bonds. The van der Waals surface area contributed by atoms with Crippen LogP contribution in [-0.4, -0.2) is 30.8 Å². The third-order valence-electron chi connectivity index (χ3n) is 4.76. The van der Waals surface area contributed by atoms with Gasteiger partial charge in [0.2, 0.25) is 4.96 Å². The number of carbonyl (C=O) groups excluding carboxylic acids is 1. The van der Waals surface area contributed by atoms with Crippen molar-refractivity contribution in [1.29, 1.82) is 0 Å². The Bertz CT molecular complexity index is 1240. The number of fused-ring (bicyclic) bond motifs is 1. The minimum Gasteiger partial charge on any atom is -0.332 e. The highest BCUT2D eigenvalue weighted by Gasteiger charge is 2.12. The van der Waals surface area contributed by atoms with E-state index in [4.69, 9.17) is 12.2 Å². The summed E-state index contributed by atoms with van der Waals surface area (Å²) in [6.45, 7) is 6.01. The fraction of sp³-hybridized carbons (Fsp3) is 0.190. The topological polar surface area (TPSA) is 84.2 Å². The van der Waals surface area contributed by atoms with Crippen molar-refractivity contribution in [3.63, 3.8) is 0 Å². The fourth-order valence-corrected chi connectivity index (χ4v) is 3.99. The molecule has 152 valence electrons. The number of carbonyl (C=O) groups is 1. The Morgan fingerprint density at radius 1 is 1.10 bits per heavy atom. The van der Waals surface area contributed by atoms with Gasteiger partial charge in [-0.3, -0.25) is 10.1 Å². The van der Waals surface area contributed by atoms with Gasteiger partial charge in [-0.15, -0.1) is 10.2 Å². The van der Waals surface area contributed by atoms with E-state index in [1.807, 2.05) is 57.2 Å². The first-order chi connectivity index (χ1) is 14.4. The molecule has 0 fully saturated rings. The maximum Gasteiger partial charge on any atom is 0.257 e. The lowest BCUT2D eigenvalue weighted by Crippen LogP contribution is -2.34. The molecule has 9 heteroatoms. The second-order valence-electron chi connectivity index (χ2n) is 6.86. The van der Waals surface area contributed by atoms with E-state index in [9.17, 15) is 4.79 Å². The van der Waals surface area contributed by atoms with Crippen molar-refractivity contribution in [2.75, 3.05) is 5.32 Å². The number of nitrogens with zero attached hydrogens (tertiary/aromatic N) is 4. The predicted molar refractivity (Wildman–Crippen MR) is 123 cm³/mol. The lowest BCUT2D eigenvalue weighted by Gasteiger charge is -2.10. The highest BCUT2D eigenvalue weighted by atomic mass is 32.1.